The predicted octanol–water partition coefficient (Wildman–Crippen LogP) is 4.28. The number of benzene rings is 1. The molecule has 1 spiro atoms. The predicted molar refractivity (Wildman–Crippen MR) is 106 cm³/mol. The summed E-state index contributed by atoms with van der Waals surface area (Å²) in [5, 5.41) is 14.3. The van der Waals surface area contributed by atoms with Crippen LogP contribution in [-0.2, 0) is 0 Å². The highest BCUT2D eigenvalue weighted by atomic mass is 32.2. The Morgan fingerprint density at radius 3 is 2.71 bits per heavy atom. The molecule has 28 heavy (non-hydrogen) atoms. The van der Waals surface area contributed by atoms with Crippen LogP contribution >= 0.6 is 11.8 Å². The van der Waals surface area contributed by atoms with E-state index in [1.807, 2.05) is 0 Å². The van der Waals surface area contributed by atoms with Gasteiger partial charge in [0.25, 0.3) is 5.91 Å². The highest BCUT2D eigenvalue weighted by Gasteiger charge is 2.43. The number of thioether (sulfide) groups is 1. The van der Waals surface area contributed by atoms with Crippen molar-refractivity contribution in [2.45, 2.75) is 36.5 Å². The summed E-state index contributed by atoms with van der Waals surface area (Å²) in [6.45, 7) is 0. The summed E-state index contributed by atoms with van der Waals surface area (Å²) in [6, 6.07) is 6.47. The molecule has 1 aromatic carbocycles. The summed E-state index contributed by atoms with van der Waals surface area (Å²) < 4.78 is 27.3. The zero-order chi connectivity index (χ0) is 19.7. The van der Waals surface area contributed by atoms with Gasteiger partial charge in [0.15, 0.2) is 0 Å². The molecule has 0 radical (unpaired) electrons. The summed E-state index contributed by atoms with van der Waals surface area (Å²) in [5.41, 5.74) is 0.908. The van der Waals surface area contributed by atoms with Gasteiger partial charge in [0, 0.05) is 17.0 Å². The van der Waals surface area contributed by atoms with E-state index in [9.17, 15) is 13.6 Å². The molecule has 2 fully saturated rings. The van der Waals surface area contributed by atoms with Crippen LogP contribution in [0, 0.1) is 17.0 Å². The number of hydrogen-bond donors (Lipinski definition) is 3. The van der Waals surface area contributed by atoms with Crippen LogP contribution in [0.2, 0.25) is 0 Å². The minimum absolute atomic E-state index is 0.0728. The van der Waals surface area contributed by atoms with Crippen molar-refractivity contribution in [3.63, 3.8) is 0 Å². The molecule has 1 atom stereocenters. The lowest BCUT2D eigenvalue weighted by Crippen LogP contribution is -2.49. The highest BCUT2D eigenvalue weighted by Crippen LogP contribution is 2.46. The van der Waals surface area contributed by atoms with Crippen LogP contribution < -0.4 is 10.6 Å². The average molecular weight is 402 g/mol. The summed E-state index contributed by atoms with van der Waals surface area (Å²) in [6.07, 6.45) is 5.18. The molecule has 2 aliphatic rings. The van der Waals surface area contributed by atoms with Gasteiger partial charge in [-0.05, 0) is 43.2 Å². The molecule has 1 aliphatic heterocycles. The number of nitrogens with zero attached hydrogens (tertiary/aromatic N) is 1. The van der Waals surface area contributed by atoms with Crippen molar-refractivity contribution in [3.8, 4) is 0 Å². The quantitative estimate of drug-likeness (QED) is 0.716. The molecular formula is C20H20F2N4OS. The van der Waals surface area contributed by atoms with Crippen LogP contribution in [0.1, 0.15) is 47.8 Å². The fraction of sp³-hybridized carbons (Fsp3) is 0.350. The van der Waals surface area contributed by atoms with Crippen LogP contribution in [-0.4, -0.2) is 27.2 Å². The summed E-state index contributed by atoms with van der Waals surface area (Å²) in [5.74, 6) is -0.275. The number of aromatic nitrogens is 1. The second-order valence-electron chi connectivity index (χ2n) is 7.14. The maximum absolute atomic E-state index is 14.5. The first-order valence-corrected chi connectivity index (χ1v) is 10.2. The number of rotatable bonds is 3. The van der Waals surface area contributed by atoms with Crippen LogP contribution in [0.4, 0.5) is 14.5 Å². The smallest absolute Gasteiger partial charge is 0.274 e. The molecule has 1 amide bonds. The number of nitrogens with one attached hydrogen (secondary N) is 3. The SMILES string of the molecule is N=C1N[C@H](c2cc(NC(=O)c3ccc(F)cn3)ccc2F)CSC12CCCC2. The molecule has 1 saturated carbocycles. The zero-order valence-electron chi connectivity index (χ0n) is 15.1. The Hall–Kier alpha value is -2.48. The Labute approximate surface area is 165 Å². The van der Waals surface area contributed by atoms with Gasteiger partial charge in [0.1, 0.15) is 23.2 Å². The van der Waals surface area contributed by atoms with Crippen molar-refractivity contribution in [1.29, 1.82) is 5.41 Å². The van der Waals surface area contributed by atoms with Gasteiger partial charge in [-0.25, -0.2) is 13.8 Å². The van der Waals surface area contributed by atoms with E-state index in [2.05, 4.69) is 15.6 Å². The summed E-state index contributed by atoms with van der Waals surface area (Å²) >= 11 is 1.72. The number of halogens is 2. The first-order chi connectivity index (χ1) is 13.5. The molecule has 0 bridgehead atoms. The van der Waals surface area contributed by atoms with E-state index in [0.29, 0.717) is 22.8 Å². The van der Waals surface area contributed by atoms with Gasteiger partial charge in [-0.3, -0.25) is 10.2 Å². The normalized spacial score (nSPS) is 20.8. The zero-order valence-corrected chi connectivity index (χ0v) is 15.9. The number of hydrogen-bond acceptors (Lipinski definition) is 4. The Bertz CT molecular complexity index is 913. The fourth-order valence-corrected chi connectivity index (χ4v) is 5.29. The van der Waals surface area contributed by atoms with Gasteiger partial charge < -0.3 is 10.6 Å². The molecule has 146 valence electrons. The topological polar surface area (TPSA) is 77.9 Å². The molecule has 3 N–H and O–H groups in total. The van der Waals surface area contributed by atoms with Gasteiger partial charge in [0.2, 0.25) is 0 Å². The molecular weight excluding hydrogens is 382 g/mol. The van der Waals surface area contributed by atoms with Crippen molar-refractivity contribution in [1.82, 2.24) is 10.3 Å². The summed E-state index contributed by atoms with van der Waals surface area (Å²) in [4.78, 5) is 16.0. The van der Waals surface area contributed by atoms with Crippen LogP contribution in [0.3, 0.4) is 0 Å². The number of carbonyl (C=O) groups excluding carboxylic acids is 1. The average Bonchev–Trinajstić information content (AvgIpc) is 3.16. The number of pyridine rings is 1. The first kappa shape index (κ1) is 18.9. The standard InChI is InChI=1S/C20H20F2N4OS/c21-12-3-6-16(24-10-12)18(27)25-13-4-5-15(22)14(9-13)17-11-28-20(19(23)26-17)7-1-2-8-20/h3-6,9-10,17H,1-2,7-8,11H2,(H2,23,26)(H,25,27)/t17-/m0/s1. The first-order valence-electron chi connectivity index (χ1n) is 9.19. The maximum Gasteiger partial charge on any atom is 0.274 e. The highest BCUT2D eigenvalue weighted by molar-refractivity contribution is 8.01. The van der Waals surface area contributed by atoms with E-state index >= 15 is 0 Å². The third-order valence-electron chi connectivity index (χ3n) is 5.30. The molecule has 1 aliphatic carbocycles. The van der Waals surface area contributed by atoms with E-state index < -0.39 is 11.7 Å². The van der Waals surface area contributed by atoms with E-state index in [0.717, 1.165) is 37.9 Å². The third kappa shape index (κ3) is 3.61. The molecule has 2 aromatic rings. The van der Waals surface area contributed by atoms with E-state index in [1.54, 1.807) is 17.8 Å². The number of anilines is 1. The van der Waals surface area contributed by atoms with Crippen LogP contribution in [0.5, 0.6) is 0 Å². The minimum Gasteiger partial charge on any atom is -0.365 e. The lowest BCUT2D eigenvalue weighted by molar-refractivity contribution is 0.102. The second-order valence-corrected chi connectivity index (χ2v) is 8.54. The van der Waals surface area contributed by atoms with Gasteiger partial charge in [-0.15, -0.1) is 11.8 Å². The van der Waals surface area contributed by atoms with Crippen molar-refractivity contribution < 1.29 is 13.6 Å². The van der Waals surface area contributed by atoms with Crippen LogP contribution in [0.15, 0.2) is 36.5 Å². The minimum atomic E-state index is -0.524. The van der Waals surface area contributed by atoms with Crippen molar-refractivity contribution in [3.05, 3.63) is 59.4 Å². The van der Waals surface area contributed by atoms with E-state index in [1.165, 1.54) is 18.2 Å². The number of amides is 1. The molecule has 2 heterocycles. The molecule has 8 heteroatoms. The Morgan fingerprint density at radius 2 is 2.04 bits per heavy atom. The Morgan fingerprint density at radius 1 is 1.25 bits per heavy atom. The van der Waals surface area contributed by atoms with Crippen molar-refractivity contribution in [2.75, 3.05) is 11.1 Å². The van der Waals surface area contributed by atoms with Gasteiger partial charge >= 0.3 is 0 Å². The molecule has 0 unspecified atom stereocenters. The molecule has 1 aromatic heterocycles. The molecule has 5 nitrogen and oxygen atoms in total. The Balaban J connectivity index is 1.50. The lowest BCUT2D eigenvalue weighted by Gasteiger charge is -2.38. The van der Waals surface area contributed by atoms with Gasteiger partial charge in [-0.2, -0.15) is 0 Å². The monoisotopic (exact) mass is 402 g/mol. The second kappa shape index (κ2) is 7.50. The maximum atomic E-state index is 14.5. The fourth-order valence-electron chi connectivity index (χ4n) is 3.76. The van der Waals surface area contributed by atoms with E-state index in [4.69, 9.17) is 5.41 Å². The lowest BCUT2D eigenvalue weighted by atomic mass is 10.0. The van der Waals surface area contributed by atoms with Gasteiger partial charge in [0.05, 0.1) is 17.0 Å². The van der Waals surface area contributed by atoms with Crippen molar-refractivity contribution in [2.24, 2.45) is 0 Å². The van der Waals surface area contributed by atoms with Crippen molar-refractivity contribution >= 4 is 29.2 Å². The van der Waals surface area contributed by atoms with E-state index in [-0.39, 0.29) is 22.3 Å². The Kier molecular flexibility index (Phi) is 5.05. The third-order valence-corrected chi connectivity index (χ3v) is 6.97. The summed E-state index contributed by atoms with van der Waals surface area (Å²) in [7, 11) is 0. The largest absolute Gasteiger partial charge is 0.365 e. The number of carbonyl (C=O) groups is 1. The van der Waals surface area contributed by atoms with Crippen LogP contribution in [0.25, 0.3) is 0 Å². The molecule has 1 saturated heterocycles. The number of amidine groups is 1. The molecule has 4 rings (SSSR count). The van der Waals surface area contributed by atoms with Gasteiger partial charge in [-0.1, -0.05) is 12.8 Å².